The van der Waals surface area contributed by atoms with Crippen molar-refractivity contribution >= 4 is 48.8 Å². The number of benzene rings is 1. The van der Waals surface area contributed by atoms with Crippen LogP contribution in [0.1, 0.15) is 41.3 Å². The maximum absolute atomic E-state index is 13.1. The molecular formula is C25H22Br2N6O. The van der Waals surface area contributed by atoms with Crippen LogP contribution in [-0.2, 0) is 0 Å². The maximum Gasteiger partial charge on any atom is 0.255 e. The van der Waals surface area contributed by atoms with Crippen LogP contribution < -0.4 is 0 Å². The van der Waals surface area contributed by atoms with Gasteiger partial charge in [0.1, 0.15) is 11.7 Å². The Morgan fingerprint density at radius 3 is 2.68 bits per heavy atom. The van der Waals surface area contributed by atoms with Gasteiger partial charge in [-0.1, -0.05) is 15.9 Å². The number of amides is 1. The minimum Gasteiger partial charge on any atom is -0.338 e. The molecule has 2 saturated heterocycles. The van der Waals surface area contributed by atoms with Gasteiger partial charge in [-0.2, -0.15) is 10.5 Å². The summed E-state index contributed by atoms with van der Waals surface area (Å²) >= 11 is 6.96. The number of hydrogen-bond acceptors (Lipinski definition) is 5. The average Bonchev–Trinajstić information content (AvgIpc) is 3.25. The van der Waals surface area contributed by atoms with Crippen LogP contribution >= 0.6 is 31.9 Å². The van der Waals surface area contributed by atoms with Crippen LogP contribution in [0.15, 0.2) is 51.7 Å². The first-order valence-corrected chi connectivity index (χ1v) is 12.8. The van der Waals surface area contributed by atoms with Gasteiger partial charge in [0, 0.05) is 64.7 Å². The number of carbonyl (C=O) groups is 1. The minimum atomic E-state index is 0.0445. The number of pyridine rings is 1. The number of piperidine rings is 1. The molecule has 2 unspecified atom stereocenters. The summed E-state index contributed by atoms with van der Waals surface area (Å²) in [6.07, 6.45) is 5.95. The van der Waals surface area contributed by atoms with Gasteiger partial charge in [0.15, 0.2) is 0 Å². The van der Waals surface area contributed by atoms with E-state index in [1.807, 2.05) is 41.4 Å². The molecule has 3 aromatic rings. The van der Waals surface area contributed by atoms with Crippen molar-refractivity contribution in [1.82, 2.24) is 19.4 Å². The zero-order valence-electron chi connectivity index (χ0n) is 18.4. The van der Waals surface area contributed by atoms with Crippen molar-refractivity contribution in [1.29, 1.82) is 10.5 Å². The lowest BCUT2D eigenvalue weighted by Gasteiger charge is -2.53. The summed E-state index contributed by atoms with van der Waals surface area (Å²) in [5, 5.41) is 19.5. The van der Waals surface area contributed by atoms with Gasteiger partial charge in [-0.3, -0.25) is 9.69 Å². The average molecular weight is 582 g/mol. The van der Waals surface area contributed by atoms with E-state index in [1.165, 1.54) is 0 Å². The van der Waals surface area contributed by atoms with Gasteiger partial charge in [-0.15, -0.1) is 0 Å². The van der Waals surface area contributed by atoms with E-state index in [4.69, 9.17) is 0 Å². The van der Waals surface area contributed by atoms with Crippen LogP contribution in [0.4, 0.5) is 0 Å². The zero-order valence-corrected chi connectivity index (χ0v) is 21.5. The number of fused-ring (bicyclic) bond motifs is 1. The van der Waals surface area contributed by atoms with Gasteiger partial charge in [0.2, 0.25) is 0 Å². The van der Waals surface area contributed by atoms with Crippen molar-refractivity contribution in [2.75, 3.05) is 19.6 Å². The summed E-state index contributed by atoms with van der Waals surface area (Å²) in [7, 11) is 0. The number of aromatic nitrogens is 2. The molecule has 172 valence electrons. The van der Waals surface area contributed by atoms with Gasteiger partial charge in [-0.05, 0) is 59.1 Å². The summed E-state index contributed by atoms with van der Waals surface area (Å²) in [4.78, 5) is 22.0. The van der Waals surface area contributed by atoms with Gasteiger partial charge >= 0.3 is 0 Å². The van der Waals surface area contributed by atoms with Crippen molar-refractivity contribution < 1.29 is 4.79 Å². The number of rotatable bonds is 4. The van der Waals surface area contributed by atoms with E-state index in [0.29, 0.717) is 36.7 Å². The molecule has 9 heteroatoms. The number of hydrogen-bond donors (Lipinski definition) is 0. The van der Waals surface area contributed by atoms with E-state index >= 15 is 0 Å². The summed E-state index contributed by atoms with van der Waals surface area (Å²) in [6.45, 7) is 2.26. The van der Waals surface area contributed by atoms with Crippen molar-refractivity contribution in [3.05, 3.63) is 62.8 Å². The van der Waals surface area contributed by atoms with E-state index in [2.05, 4.69) is 58.4 Å². The fraction of sp³-hybridized carbons (Fsp3) is 0.360. The van der Waals surface area contributed by atoms with E-state index in [1.54, 1.807) is 6.20 Å². The molecule has 0 radical (unpaired) electrons. The third-order valence-electron chi connectivity index (χ3n) is 6.91. The van der Waals surface area contributed by atoms with Gasteiger partial charge in [0.25, 0.3) is 5.91 Å². The number of nitrogens with zero attached hydrogens (tertiary/aromatic N) is 6. The van der Waals surface area contributed by atoms with Crippen molar-refractivity contribution in [2.24, 2.45) is 5.92 Å². The third kappa shape index (κ3) is 4.13. The number of nitriles is 2. The van der Waals surface area contributed by atoms with Crippen LogP contribution in [0.2, 0.25) is 0 Å². The Morgan fingerprint density at radius 2 is 1.94 bits per heavy atom. The fourth-order valence-electron chi connectivity index (χ4n) is 5.20. The highest BCUT2D eigenvalue weighted by molar-refractivity contribution is 9.11. The van der Waals surface area contributed by atoms with Crippen LogP contribution in [-0.4, -0.2) is 50.9 Å². The number of halogens is 2. The Hall–Kier alpha value is -2.72. The highest BCUT2D eigenvalue weighted by Crippen LogP contribution is 2.42. The van der Waals surface area contributed by atoms with Crippen LogP contribution in [0.3, 0.4) is 0 Å². The van der Waals surface area contributed by atoms with Crippen LogP contribution in [0.5, 0.6) is 0 Å². The molecule has 0 spiro atoms. The SMILES string of the molecule is N#CCC1CN(C2CCN(C(=O)c3cc(Br)ccc3Br)CC2)C1n1ccc2cc(C#N)cnc21. The molecule has 34 heavy (non-hydrogen) atoms. The molecule has 4 heterocycles. The Morgan fingerprint density at radius 1 is 1.15 bits per heavy atom. The first-order chi connectivity index (χ1) is 16.5. The summed E-state index contributed by atoms with van der Waals surface area (Å²) in [5.41, 5.74) is 2.05. The summed E-state index contributed by atoms with van der Waals surface area (Å²) in [5.74, 6) is 0.276. The Kier molecular flexibility index (Phi) is 6.44. The molecule has 0 bridgehead atoms. The van der Waals surface area contributed by atoms with Crippen molar-refractivity contribution in [3.63, 3.8) is 0 Å². The van der Waals surface area contributed by atoms with E-state index in [-0.39, 0.29) is 18.0 Å². The molecule has 1 aromatic carbocycles. The van der Waals surface area contributed by atoms with Crippen molar-refractivity contribution in [3.8, 4) is 12.1 Å². The normalized spacial score (nSPS) is 21.1. The highest BCUT2D eigenvalue weighted by atomic mass is 79.9. The molecular weight excluding hydrogens is 560 g/mol. The maximum atomic E-state index is 13.1. The Labute approximate surface area is 214 Å². The molecule has 2 aliphatic heterocycles. The second kappa shape index (κ2) is 9.50. The van der Waals surface area contributed by atoms with E-state index < -0.39 is 0 Å². The van der Waals surface area contributed by atoms with Crippen LogP contribution in [0, 0.1) is 28.6 Å². The number of likely N-dealkylation sites (tertiary alicyclic amines) is 2. The molecule has 1 amide bonds. The first kappa shape index (κ1) is 23.0. The Balaban J connectivity index is 1.32. The highest BCUT2D eigenvalue weighted by Gasteiger charge is 2.45. The lowest BCUT2D eigenvalue weighted by atomic mass is 9.87. The molecule has 2 aromatic heterocycles. The molecule has 0 aliphatic carbocycles. The third-order valence-corrected chi connectivity index (χ3v) is 8.09. The zero-order chi connectivity index (χ0) is 23.8. The molecule has 2 fully saturated rings. The lowest BCUT2D eigenvalue weighted by Crippen LogP contribution is -2.59. The first-order valence-electron chi connectivity index (χ1n) is 11.2. The standard InChI is InChI=1S/C25H22Br2N6O/c26-19-1-2-22(27)21(12-19)25(34)31-8-5-20(6-9-31)33-15-18(3-7-28)24(33)32-10-4-17-11-16(13-29)14-30-23(17)32/h1-2,4,10-12,14,18,20,24H,3,5-6,8-9,15H2. The van der Waals surface area contributed by atoms with Crippen molar-refractivity contribution in [2.45, 2.75) is 31.5 Å². The monoisotopic (exact) mass is 580 g/mol. The molecule has 7 nitrogen and oxygen atoms in total. The predicted octanol–water partition coefficient (Wildman–Crippen LogP) is 5.08. The molecule has 5 rings (SSSR count). The molecule has 2 atom stereocenters. The Bertz CT molecular complexity index is 1330. The summed E-state index contributed by atoms with van der Waals surface area (Å²) < 4.78 is 3.84. The van der Waals surface area contributed by atoms with Gasteiger partial charge in [0.05, 0.1) is 23.4 Å². The van der Waals surface area contributed by atoms with Gasteiger partial charge in [-0.25, -0.2) is 4.98 Å². The molecule has 2 aliphatic rings. The smallest absolute Gasteiger partial charge is 0.255 e. The largest absolute Gasteiger partial charge is 0.338 e. The second-order valence-corrected chi connectivity index (χ2v) is 10.6. The van der Waals surface area contributed by atoms with E-state index in [9.17, 15) is 15.3 Å². The molecule has 0 saturated carbocycles. The molecule has 0 N–H and O–H groups in total. The fourth-order valence-corrected chi connectivity index (χ4v) is 5.97. The lowest BCUT2D eigenvalue weighted by molar-refractivity contribution is -0.0772. The quantitative estimate of drug-likeness (QED) is 0.428. The minimum absolute atomic E-state index is 0.0445. The van der Waals surface area contributed by atoms with Gasteiger partial charge < -0.3 is 9.47 Å². The second-order valence-electron chi connectivity index (χ2n) is 8.85. The summed E-state index contributed by atoms with van der Waals surface area (Å²) in [6, 6.07) is 14.3. The topological polar surface area (TPSA) is 89.0 Å². The predicted molar refractivity (Wildman–Crippen MR) is 135 cm³/mol. The number of carbonyl (C=O) groups excluding carboxylic acids is 1. The van der Waals surface area contributed by atoms with Crippen LogP contribution in [0.25, 0.3) is 11.0 Å². The van der Waals surface area contributed by atoms with E-state index in [0.717, 1.165) is 39.4 Å².